The van der Waals surface area contributed by atoms with Crippen LogP contribution in [-0.2, 0) is 14.8 Å². The molecule has 9 heteroatoms. The van der Waals surface area contributed by atoms with Gasteiger partial charge >= 0.3 is 0 Å². The number of hydrogen-bond acceptors (Lipinski definition) is 4. The Balaban J connectivity index is 1.81. The summed E-state index contributed by atoms with van der Waals surface area (Å²) in [5.41, 5.74) is 1.01. The van der Waals surface area contributed by atoms with E-state index in [1.54, 1.807) is 25.1 Å². The maximum Gasteiger partial charge on any atom is 0.263 e. The van der Waals surface area contributed by atoms with Crippen molar-refractivity contribution >= 4 is 33.2 Å². The summed E-state index contributed by atoms with van der Waals surface area (Å²) in [6.07, 6.45) is 0.0235. The number of nitrogens with zero attached hydrogens (tertiary/aromatic N) is 1. The van der Waals surface area contributed by atoms with Crippen LogP contribution in [0.2, 0.25) is 5.02 Å². The number of rotatable bonds is 4. The lowest BCUT2D eigenvalue weighted by molar-refractivity contribution is -0.128. The van der Waals surface area contributed by atoms with Crippen LogP contribution < -0.4 is 14.4 Å². The normalized spacial score (nSPS) is 17.6. The van der Waals surface area contributed by atoms with Gasteiger partial charge in [0.05, 0.1) is 24.5 Å². The smallest absolute Gasteiger partial charge is 0.263 e. The van der Waals surface area contributed by atoms with E-state index in [9.17, 15) is 17.6 Å². The Kier molecular flexibility index (Phi) is 5.30. The number of hydrogen-bond donors (Lipinski definition) is 1. The van der Waals surface area contributed by atoms with E-state index in [1.165, 1.54) is 24.3 Å². The Bertz CT molecular complexity index is 966. The number of amides is 1. The van der Waals surface area contributed by atoms with Crippen LogP contribution >= 0.6 is 11.6 Å². The first-order valence-electron chi connectivity index (χ1n) is 8.15. The molecule has 0 radical (unpaired) electrons. The van der Waals surface area contributed by atoms with E-state index in [2.05, 4.69) is 5.32 Å². The Labute approximate surface area is 161 Å². The van der Waals surface area contributed by atoms with Crippen LogP contribution in [-0.4, -0.2) is 33.2 Å². The molecule has 0 fully saturated rings. The number of ether oxygens (including phenoxy) is 1. The largest absolute Gasteiger partial charge is 0.476 e. The second kappa shape index (κ2) is 7.36. The van der Waals surface area contributed by atoms with E-state index in [0.717, 1.165) is 10.6 Å². The fourth-order valence-electron chi connectivity index (χ4n) is 2.82. The highest BCUT2D eigenvalue weighted by atomic mass is 35.5. The molecule has 1 heterocycles. The average Bonchev–Trinajstić information content (AvgIpc) is 2.60. The first kappa shape index (κ1) is 19.4. The number of carbonyl (C=O) groups excluding carboxylic acids is 1. The predicted molar refractivity (Wildman–Crippen MR) is 101 cm³/mol. The van der Waals surface area contributed by atoms with Gasteiger partial charge in [0.25, 0.3) is 5.91 Å². The minimum Gasteiger partial charge on any atom is -0.476 e. The van der Waals surface area contributed by atoms with Crippen LogP contribution in [0.1, 0.15) is 18.5 Å². The second-order valence-corrected chi connectivity index (χ2v) is 8.64. The van der Waals surface area contributed by atoms with Crippen molar-refractivity contribution < 1.29 is 22.3 Å². The van der Waals surface area contributed by atoms with Crippen molar-refractivity contribution in [3.8, 4) is 5.75 Å². The summed E-state index contributed by atoms with van der Waals surface area (Å²) in [6.45, 7) is 1.57. The summed E-state index contributed by atoms with van der Waals surface area (Å²) >= 11 is 5.96. The summed E-state index contributed by atoms with van der Waals surface area (Å²) in [7, 11) is -3.63. The molecule has 2 atom stereocenters. The first-order chi connectivity index (χ1) is 12.6. The molecule has 0 spiro atoms. The van der Waals surface area contributed by atoms with E-state index in [4.69, 9.17) is 16.3 Å². The van der Waals surface area contributed by atoms with Gasteiger partial charge in [-0.3, -0.25) is 9.10 Å². The molecular formula is C18H18ClFN2O4S. The van der Waals surface area contributed by atoms with Crippen molar-refractivity contribution in [3.05, 3.63) is 58.9 Å². The van der Waals surface area contributed by atoms with Crippen LogP contribution in [0.4, 0.5) is 10.1 Å². The Morgan fingerprint density at radius 3 is 2.59 bits per heavy atom. The quantitative estimate of drug-likeness (QED) is 0.837. The van der Waals surface area contributed by atoms with Gasteiger partial charge in [0.1, 0.15) is 11.6 Å². The number of nitrogens with one attached hydrogen (secondary N) is 1. The minimum atomic E-state index is -3.63. The third-order valence-electron chi connectivity index (χ3n) is 4.21. The van der Waals surface area contributed by atoms with Crippen molar-refractivity contribution in [2.24, 2.45) is 0 Å². The van der Waals surface area contributed by atoms with Crippen molar-refractivity contribution in [2.75, 3.05) is 17.1 Å². The average molecular weight is 413 g/mol. The Morgan fingerprint density at radius 2 is 1.96 bits per heavy atom. The lowest BCUT2D eigenvalue weighted by Crippen LogP contribution is -2.50. The second-order valence-electron chi connectivity index (χ2n) is 6.29. The van der Waals surface area contributed by atoms with Gasteiger partial charge in [-0.05, 0) is 42.8 Å². The zero-order valence-electron chi connectivity index (χ0n) is 14.6. The lowest BCUT2D eigenvalue weighted by atomic mass is 10.1. The van der Waals surface area contributed by atoms with Gasteiger partial charge in [-0.25, -0.2) is 12.8 Å². The molecule has 1 N–H and O–H groups in total. The van der Waals surface area contributed by atoms with Crippen LogP contribution in [0.15, 0.2) is 42.5 Å². The molecule has 2 aromatic carbocycles. The molecule has 0 bridgehead atoms. The third kappa shape index (κ3) is 4.33. The van der Waals surface area contributed by atoms with Gasteiger partial charge in [0, 0.05) is 5.02 Å². The van der Waals surface area contributed by atoms with Crippen molar-refractivity contribution in [2.45, 2.75) is 19.1 Å². The van der Waals surface area contributed by atoms with Gasteiger partial charge in [-0.15, -0.1) is 0 Å². The molecule has 2 aromatic rings. The topological polar surface area (TPSA) is 75.7 Å². The molecule has 1 aliphatic rings. The Morgan fingerprint density at radius 1 is 1.30 bits per heavy atom. The highest BCUT2D eigenvalue weighted by Crippen LogP contribution is 2.37. The molecule has 0 aliphatic carbocycles. The van der Waals surface area contributed by atoms with Crippen LogP contribution in [0.5, 0.6) is 5.75 Å². The van der Waals surface area contributed by atoms with Gasteiger partial charge in [-0.1, -0.05) is 23.7 Å². The molecule has 0 aromatic heterocycles. The molecule has 27 heavy (non-hydrogen) atoms. The molecule has 6 nitrogen and oxygen atoms in total. The van der Waals surface area contributed by atoms with Crippen molar-refractivity contribution in [1.82, 2.24) is 5.32 Å². The molecule has 1 aliphatic heterocycles. The minimum absolute atomic E-state index is 0.172. The highest BCUT2D eigenvalue weighted by molar-refractivity contribution is 7.92. The standard InChI is InChI=1S/C18H18ClFN2O4S/c1-11(12-3-6-14(20)7-4-12)21-18(23)17-10-22(27(2,24)25)15-9-13(19)5-8-16(15)26-17/h3-9,11,17H,10H2,1-2H3,(H,21,23)/t11-,17-/m1/s1. The lowest BCUT2D eigenvalue weighted by Gasteiger charge is -2.34. The van der Waals surface area contributed by atoms with Gasteiger partial charge < -0.3 is 10.1 Å². The maximum atomic E-state index is 13.0. The number of fused-ring (bicyclic) bond motifs is 1. The summed E-state index contributed by atoms with van der Waals surface area (Å²) < 4.78 is 44.2. The SMILES string of the molecule is C[C@@H](NC(=O)[C@H]1CN(S(C)(=O)=O)c2cc(Cl)ccc2O1)c1ccc(F)cc1. The molecule has 1 amide bonds. The van der Waals surface area contributed by atoms with E-state index in [1.807, 2.05) is 0 Å². The Hall–Kier alpha value is -2.32. The fraction of sp³-hybridized carbons (Fsp3) is 0.278. The molecular weight excluding hydrogens is 395 g/mol. The van der Waals surface area contributed by atoms with E-state index in [-0.39, 0.29) is 18.1 Å². The maximum absolute atomic E-state index is 13.0. The van der Waals surface area contributed by atoms with Crippen molar-refractivity contribution in [3.63, 3.8) is 0 Å². The number of halogens is 2. The first-order valence-corrected chi connectivity index (χ1v) is 10.4. The van der Waals surface area contributed by atoms with Crippen LogP contribution in [0, 0.1) is 5.82 Å². The number of carbonyl (C=O) groups is 1. The fourth-order valence-corrected chi connectivity index (χ4v) is 3.89. The highest BCUT2D eigenvalue weighted by Gasteiger charge is 2.35. The molecule has 0 unspecified atom stereocenters. The third-order valence-corrected chi connectivity index (χ3v) is 5.59. The number of benzene rings is 2. The summed E-state index contributed by atoms with van der Waals surface area (Å²) in [5, 5.41) is 3.13. The van der Waals surface area contributed by atoms with Gasteiger partial charge in [0.15, 0.2) is 6.10 Å². The van der Waals surface area contributed by atoms with E-state index >= 15 is 0 Å². The zero-order valence-corrected chi connectivity index (χ0v) is 16.2. The monoisotopic (exact) mass is 412 g/mol. The van der Waals surface area contributed by atoms with Gasteiger partial charge in [0.2, 0.25) is 10.0 Å². The summed E-state index contributed by atoms with van der Waals surface area (Å²) in [5.74, 6) is -0.585. The zero-order chi connectivity index (χ0) is 19.8. The molecule has 3 rings (SSSR count). The predicted octanol–water partition coefficient (Wildman–Crippen LogP) is 2.88. The molecule has 0 saturated carbocycles. The van der Waals surface area contributed by atoms with Gasteiger partial charge in [-0.2, -0.15) is 0 Å². The van der Waals surface area contributed by atoms with E-state index < -0.39 is 28.1 Å². The number of anilines is 1. The van der Waals surface area contributed by atoms with Crippen molar-refractivity contribution in [1.29, 1.82) is 0 Å². The van der Waals surface area contributed by atoms with Crippen LogP contribution in [0.3, 0.4) is 0 Å². The molecule has 0 saturated heterocycles. The summed E-state index contributed by atoms with van der Waals surface area (Å²) in [6, 6.07) is 9.92. The summed E-state index contributed by atoms with van der Waals surface area (Å²) in [4.78, 5) is 12.6. The molecule has 144 valence electrons. The number of sulfonamides is 1. The van der Waals surface area contributed by atoms with Crippen LogP contribution in [0.25, 0.3) is 0 Å². The van der Waals surface area contributed by atoms with E-state index in [0.29, 0.717) is 16.3 Å².